The van der Waals surface area contributed by atoms with E-state index in [1.165, 1.54) is 38.5 Å². The molecule has 1 N–H and O–H groups in total. The lowest BCUT2D eigenvalue weighted by atomic mass is 9.95. The van der Waals surface area contributed by atoms with Crippen LogP contribution in [0.25, 0.3) is 0 Å². The Morgan fingerprint density at radius 3 is 2.43 bits per heavy atom. The number of aryl methyl sites for hydroxylation is 1. The van der Waals surface area contributed by atoms with Crippen molar-refractivity contribution in [3.8, 4) is 0 Å². The predicted molar refractivity (Wildman–Crippen MR) is 97.3 cm³/mol. The third-order valence-corrected chi connectivity index (χ3v) is 5.36. The van der Waals surface area contributed by atoms with Crippen molar-refractivity contribution in [3.63, 3.8) is 0 Å². The zero-order valence-electron chi connectivity index (χ0n) is 13.8. The number of carbonyl (C=O) groups is 1. The first-order valence-electron chi connectivity index (χ1n) is 8.53. The highest BCUT2D eigenvalue weighted by Crippen LogP contribution is 2.23. The summed E-state index contributed by atoms with van der Waals surface area (Å²) in [6.07, 6.45) is 10.6. The largest absolute Gasteiger partial charge is 0.377 e. The molecule has 0 spiro atoms. The van der Waals surface area contributed by atoms with Gasteiger partial charge in [0, 0.05) is 18.3 Å². The zero-order valence-corrected chi connectivity index (χ0v) is 15.5. The summed E-state index contributed by atoms with van der Waals surface area (Å²) in [4.78, 5) is 12.0. The summed E-state index contributed by atoms with van der Waals surface area (Å²) >= 11 is 5.31. The van der Waals surface area contributed by atoms with Gasteiger partial charge in [0.05, 0.1) is 23.5 Å². The molecule has 2 atom stereocenters. The molecular formula is C16H27N3O2S2. The number of nitrogens with zero attached hydrogens (tertiary/aromatic N) is 2. The molecule has 1 saturated heterocycles. The van der Waals surface area contributed by atoms with Crippen LogP contribution in [0.4, 0.5) is 5.82 Å². The van der Waals surface area contributed by atoms with Crippen molar-refractivity contribution in [2.45, 2.75) is 64.4 Å². The molecule has 2 fully saturated rings. The molecular weight excluding hydrogens is 330 g/mol. The fourth-order valence-electron chi connectivity index (χ4n) is 2.87. The molecule has 2 unspecified atom stereocenters. The van der Waals surface area contributed by atoms with E-state index in [1.807, 2.05) is 6.92 Å². The van der Waals surface area contributed by atoms with Crippen molar-refractivity contribution in [2.75, 3.05) is 17.7 Å². The summed E-state index contributed by atoms with van der Waals surface area (Å²) in [7, 11) is 0. The SMILES string of the molecule is C1CCCCC1.Cc1nsnc1NC(=O)C1CCOC(CS)C1. The Labute approximate surface area is 148 Å². The van der Waals surface area contributed by atoms with Crippen molar-refractivity contribution in [1.82, 2.24) is 8.75 Å². The second-order valence-electron chi connectivity index (χ2n) is 6.21. The molecule has 0 aromatic carbocycles. The molecule has 1 aliphatic carbocycles. The van der Waals surface area contributed by atoms with Crippen molar-refractivity contribution in [3.05, 3.63) is 5.69 Å². The lowest BCUT2D eigenvalue weighted by Crippen LogP contribution is -2.34. The average Bonchev–Trinajstić information content (AvgIpc) is 3.02. The number of nitrogens with one attached hydrogen (secondary N) is 1. The third kappa shape index (κ3) is 6.39. The minimum absolute atomic E-state index is 0.0101. The maximum absolute atomic E-state index is 12.0. The number of ether oxygens (including phenoxy) is 1. The van der Waals surface area contributed by atoms with E-state index < -0.39 is 0 Å². The number of thiol groups is 1. The quantitative estimate of drug-likeness (QED) is 0.807. The predicted octanol–water partition coefficient (Wildman–Crippen LogP) is 3.85. The van der Waals surface area contributed by atoms with Crippen LogP contribution >= 0.6 is 24.4 Å². The summed E-state index contributed by atoms with van der Waals surface area (Å²) in [5.74, 6) is 1.23. The molecule has 5 nitrogen and oxygen atoms in total. The molecule has 0 radical (unpaired) electrons. The fourth-order valence-corrected chi connectivity index (χ4v) is 3.63. The Balaban J connectivity index is 0.000000268. The zero-order chi connectivity index (χ0) is 16.5. The number of hydrogen-bond donors (Lipinski definition) is 2. The Morgan fingerprint density at radius 2 is 1.91 bits per heavy atom. The topological polar surface area (TPSA) is 64.1 Å². The first-order valence-corrected chi connectivity index (χ1v) is 9.89. The second-order valence-corrected chi connectivity index (χ2v) is 7.10. The van der Waals surface area contributed by atoms with Gasteiger partial charge in [-0.1, -0.05) is 38.5 Å². The summed E-state index contributed by atoms with van der Waals surface area (Å²) in [6, 6.07) is 0. The summed E-state index contributed by atoms with van der Waals surface area (Å²) in [5.41, 5.74) is 0.765. The van der Waals surface area contributed by atoms with Crippen LogP contribution < -0.4 is 5.32 Å². The fraction of sp³-hybridized carbons (Fsp3) is 0.812. The molecule has 1 aliphatic heterocycles. The Hall–Kier alpha value is -0.660. The highest BCUT2D eigenvalue weighted by atomic mass is 32.1. The maximum atomic E-state index is 12.0. The van der Waals surface area contributed by atoms with Gasteiger partial charge in [-0.05, 0) is 19.8 Å². The molecule has 23 heavy (non-hydrogen) atoms. The number of hydrogen-bond acceptors (Lipinski definition) is 6. The van der Waals surface area contributed by atoms with Gasteiger partial charge in [0.2, 0.25) is 5.91 Å². The van der Waals surface area contributed by atoms with Crippen LogP contribution in [0.1, 0.15) is 57.1 Å². The Morgan fingerprint density at radius 1 is 1.26 bits per heavy atom. The molecule has 2 aliphatic rings. The van der Waals surface area contributed by atoms with Crippen LogP contribution in [0.5, 0.6) is 0 Å². The van der Waals surface area contributed by atoms with Crippen molar-refractivity contribution in [1.29, 1.82) is 0 Å². The maximum Gasteiger partial charge on any atom is 0.228 e. The van der Waals surface area contributed by atoms with Gasteiger partial charge < -0.3 is 10.1 Å². The number of carbonyl (C=O) groups excluding carboxylic acids is 1. The Kier molecular flexibility index (Phi) is 8.33. The third-order valence-electron chi connectivity index (χ3n) is 4.34. The number of amides is 1. The van der Waals surface area contributed by atoms with E-state index in [0.29, 0.717) is 18.2 Å². The Bertz CT molecular complexity index is 466. The first kappa shape index (κ1) is 18.7. The van der Waals surface area contributed by atoms with Gasteiger partial charge in [0.25, 0.3) is 0 Å². The van der Waals surface area contributed by atoms with Gasteiger partial charge >= 0.3 is 0 Å². The molecule has 1 aromatic rings. The highest BCUT2D eigenvalue weighted by Gasteiger charge is 2.27. The van der Waals surface area contributed by atoms with Crippen LogP contribution in [-0.2, 0) is 9.53 Å². The molecule has 7 heteroatoms. The van der Waals surface area contributed by atoms with E-state index >= 15 is 0 Å². The summed E-state index contributed by atoms with van der Waals surface area (Å²) < 4.78 is 13.6. The average molecular weight is 358 g/mol. The van der Waals surface area contributed by atoms with E-state index in [1.54, 1.807) is 0 Å². The highest BCUT2D eigenvalue weighted by molar-refractivity contribution is 7.80. The van der Waals surface area contributed by atoms with Gasteiger partial charge in [0.15, 0.2) is 5.82 Å². The second kappa shape index (κ2) is 10.3. The van der Waals surface area contributed by atoms with E-state index in [0.717, 1.165) is 30.3 Å². The molecule has 0 bridgehead atoms. The minimum Gasteiger partial charge on any atom is -0.377 e. The van der Waals surface area contributed by atoms with E-state index in [9.17, 15) is 4.79 Å². The molecule has 1 aromatic heterocycles. The number of anilines is 1. The molecule has 1 saturated carbocycles. The van der Waals surface area contributed by atoms with E-state index in [4.69, 9.17) is 4.74 Å². The van der Waals surface area contributed by atoms with Gasteiger partial charge in [-0.15, -0.1) is 0 Å². The van der Waals surface area contributed by atoms with Gasteiger partial charge in [-0.3, -0.25) is 4.79 Å². The molecule has 130 valence electrons. The van der Waals surface area contributed by atoms with Crippen LogP contribution in [0, 0.1) is 12.8 Å². The monoisotopic (exact) mass is 357 g/mol. The lowest BCUT2D eigenvalue weighted by molar-refractivity contribution is -0.124. The van der Waals surface area contributed by atoms with E-state index in [-0.39, 0.29) is 17.9 Å². The summed E-state index contributed by atoms with van der Waals surface area (Å²) in [6.45, 7) is 2.46. The van der Waals surface area contributed by atoms with Gasteiger partial charge in [-0.25, -0.2) is 0 Å². The lowest BCUT2D eigenvalue weighted by Gasteiger charge is -2.27. The van der Waals surface area contributed by atoms with Crippen LogP contribution in [0.3, 0.4) is 0 Å². The summed E-state index contributed by atoms with van der Waals surface area (Å²) in [5, 5.41) is 2.82. The van der Waals surface area contributed by atoms with E-state index in [2.05, 4.69) is 26.7 Å². The van der Waals surface area contributed by atoms with Crippen molar-refractivity contribution < 1.29 is 9.53 Å². The van der Waals surface area contributed by atoms with Gasteiger partial charge in [0.1, 0.15) is 0 Å². The standard InChI is InChI=1S/C10H15N3O2S2.C6H12/c1-6-9(13-17-12-6)11-10(14)7-2-3-15-8(4-7)5-16;1-2-4-6-5-3-1/h7-8,16H,2-5H2,1H3,(H,11,13,14);1-6H2. The van der Waals surface area contributed by atoms with Crippen molar-refractivity contribution >= 4 is 36.1 Å². The minimum atomic E-state index is -0.0120. The first-order chi connectivity index (χ1) is 11.2. The van der Waals surface area contributed by atoms with Gasteiger partial charge in [-0.2, -0.15) is 21.4 Å². The smallest absolute Gasteiger partial charge is 0.228 e. The van der Waals surface area contributed by atoms with Crippen molar-refractivity contribution in [2.24, 2.45) is 5.92 Å². The van der Waals surface area contributed by atoms with Crippen LogP contribution in [0.2, 0.25) is 0 Å². The van der Waals surface area contributed by atoms with Crippen LogP contribution in [0.15, 0.2) is 0 Å². The van der Waals surface area contributed by atoms with Crippen LogP contribution in [-0.4, -0.2) is 33.1 Å². The number of rotatable bonds is 3. The molecule has 2 heterocycles. The molecule has 3 rings (SSSR count). The number of aromatic nitrogens is 2. The molecule has 1 amide bonds. The normalized spacial score (nSPS) is 24.4.